The average molecular weight is 902 g/mol. The normalized spacial score (nSPS) is 17.3. The first-order valence-electron chi connectivity index (χ1n) is 22.4. The fraction of sp³-hybridized carbons (Fsp3) is 0.833. The number of fused-ring (bicyclic) bond motifs is 1. The summed E-state index contributed by atoms with van der Waals surface area (Å²) in [6.45, 7) is 9.73. The van der Waals surface area contributed by atoms with Crippen molar-refractivity contribution in [3.05, 3.63) is 0 Å². The molecule has 19 nitrogen and oxygen atoms in total. The van der Waals surface area contributed by atoms with E-state index in [1.165, 1.54) is 0 Å². The SMILES string of the molecule is CC(C)(C)OC(=O)NCCCCCC(=O)NCCCCCC(=O)N[C@@H](CCC(=O)O)C(=O)NCCCOCCOCCOCCCNC(=O)CCCC[C@@H]1SC[C@@H]2NC(=O)N[C@@H]21. The van der Waals surface area contributed by atoms with Crippen LogP contribution < -0.4 is 37.2 Å². The Morgan fingerprint density at radius 3 is 1.79 bits per heavy atom. The molecule has 356 valence electrons. The van der Waals surface area contributed by atoms with E-state index in [-0.39, 0.29) is 55.1 Å². The summed E-state index contributed by atoms with van der Waals surface area (Å²) in [7, 11) is 0. The van der Waals surface area contributed by atoms with Crippen molar-refractivity contribution in [2.24, 2.45) is 0 Å². The van der Waals surface area contributed by atoms with Crippen molar-refractivity contribution < 1.29 is 57.6 Å². The first-order valence-corrected chi connectivity index (χ1v) is 23.5. The maximum Gasteiger partial charge on any atom is 0.407 e. The number of ether oxygens (including phenoxy) is 4. The van der Waals surface area contributed by atoms with Gasteiger partial charge in [-0.1, -0.05) is 19.3 Å². The van der Waals surface area contributed by atoms with E-state index >= 15 is 0 Å². The van der Waals surface area contributed by atoms with Crippen molar-refractivity contribution in [2.45, 2.75) is 152 Å². The molecule has 0 aromatic carbocycles. The summed E-state index contributed by atoms with van der Waals surface area (Å²) in [4.78, 5) is 83.8. The Balaban J connectivity index is 1.38. The zero-order valence-corrected chi connectivity index (χ0v) is 38.1. The molecule has 0 radical (unpaired) electrons. The lowest BCUT2D eigenvalue weighted by molar-refractivity contribution is -0.138. The number of amides is 7. The Kier molecular flexibility index (Phi) is 28.7. The molecule has 2 fully saturated rings. The highest BCUT2D eigenvalue weighted by molar-refractivity contribution is 8.00. The fourth-order valence-electron chi connectivity index (χ4n) is 6.61. The van der Waals surface area contributed by atoms with E-state index in [0.29, 0.717) is 122 Å². The molecule has 0 spiro atoms. The number of carbonyl (C=O) groups excluding carboxylic acids is 6. The van der Waals surface area contributed by atoms with Gasteiger partial charge in [-0.05, 0) is 78.6 Å². The average Bonchev–Trinajstić information content (AvgIpc) is 3.77. The number of alkyl carbamates (subject to hydrolysis) is 1. The quantitative estimate of drug-likeness (QED) is 0.0333. The van der Waals surface area contributed by atoms with E-state index in [2.05, 4.69) is 37.2 Å². The summed E-state index contributed by atoms with van der Waals surface area (Å²) >= 11 is 1.89. The number of carboxylic acids is 1. The second-order valence-electron chi connectivity index (χ2n) is 16.5. The van der Waals surface area contributed by atoms with E-state index in [1.54, 1.807) is 20.8 Å². The van der Waals surface area contributed by atoms with Gasteiger partial charge >= 0.3 is 18.1 Å². The predicted octanol–water partition coefficient (Wildman–Crippen LogP) is 2.89. The standard InChI is InChI=1S/C42H75N7O12S/c1-42(2,3)61-41(57)46-21-11-4-6-15-34(50)43-20-10-5-7-17-36(52)47-31(18-19-37(53)54)39(55)45-23-13-25-59-27-29-60-28-26-58-24-12-22-44-35(51)16-9-8-14-33-38-32(30-62-33)48-40(56)49-38/h31-33,38H,4-30H2,1-3H3,(H,43,50)(H,44,51)(H,45,55)(H,46,57)(H,47,52)(H,53,54)(H2,48,49,56)/t31-,32-,33-,38-/m0/s1. The number of hydrogen-bond donors (Lipinski definition) is 8. The van der Waals surface area contributed by atoms with Crippen LogP contribution >= 0.6 is 11.8 Å². The van der Waals surface area contributed by atoms with E-state index in [9.17, 15) is 33.6 Å². The monoisotopic (exact) mass is 902 g/mol. The third-order valence-electron chi connectivity index (χ3n) is 9.83. The van der Waals surface area contributed by atoms with Gasteiger partial charge in [0.05, 0.1) is 38.5 Å². The van der Waals surface area contributed by atoms with Crippen molar-refractivity contribution in [3.8, 4) is 0 Å². The molecule has 2 heterocycles. The highest BCUT2D eigenvalue weighted by atomic mass is 32.2. The van der Waals surface area contributed by atoms with Crippen LogP contribution in [0.3, 0.4) is 0 Å². The van der Waals surface area contributed by atoms with E-state index in [0.717, 1.165) is 37.9 Å². The lowest BCUT2D eigenvalue weighted by Crippen LogP contribution is -2.47. The predicted molar refractivity (Wildman–Crippen MR) is 235 cm³/mol. The molecular weight excluding hydrogens is 827 g/mol. The number of carboxylic acid groups (broad SMARTS) is 1. The van der Waals surface area contributed by atoms with Crippen molar-refractivity contribution in [1.82, 2.24) is 37.2 Å². The first-order chi connectivity index (χ1) is 29.7. The Morgan fingerprint density at radius 1 is 0.661 bits per heavy atom. The molecule has 2 aliphatic rings. The van der Waals surface area contributed by atoms with Gasteiger partial charge in [0.1, 0.15) is 11.6 Å². The van der Waals surface area contributed by atoms with Gasteiger partial charge < -0.3 is 61.3 Å². The molecule has 2 saturated heterocycles. The number of unbranched alkanes of at least 4 members (excludes halogenated alkanes) is 5. The number of thioether (sulfide) groups is 1. The second kappa shape index (κ2) is 32.7. The minimum atomic E-state index is -1.06. The van der Waals surface area contributed by atoms with Crippen LogP contribution in [0.5, 0.6) is 0 Å². The number of carbonyl (C=O) groups is 7. The molecule has 2 rings (SSSR count). The summed E-state index contributed by atoms with van der Waals surface area (Å²) in [5, 5.41) is 29.4. The van der Waals surface area contributed by atoms with Gasteiger partial charge in [0, 0.05) is 76.1 Å². The number of rotatable bonds is 36. The topological polar surface area (TPSA) is 261 Å². The summed E-state index contributed by atoms with van der Waals surface area (Å²) in [6, 6.07) is -0.615. The molecule has 8 N–H and O–H groups in total. The lowest BCUT2D eigenvalue weighted by Gasteiger charge is -2.19. The molecule has 0 bridgehead atoms. The molecule has 0 aromatic heterocycles. The molecule has 0 aliphatic carbocycles. The Hall–Kier alpha value is -3.88. The van der Waals surface area contributed by atoms with Crippen LogP contribution in [0.25, 0.3) is 0 Å². The van der Waals surface area contributed by atoms with Crippen LogP contribution in [0.15, 0.2) is 0 Å². The van der Waals surface area contributed by atoms with Crippen molar-refractivity contribution in [3.63, 3.8) is 0 Å². The maximum absolute atomic E-state index is 12.8. The zero-order valence-electron chi connectivity index (χ0n) is 37.2. The van der Waals surface area contributed by atoms with Crippen molar-refractivity contribution in [1.29, 1.82) is 0 Å². The summed E-state index contributed by atoms with van der Waals surface area (Å²) < 4.78 is 21.8. The molecule has 0 unspecified atom stereocenters. The molecule has 4 atom stereocenters. The first kappa shape index (κ1) is 54.3. The van der Waals surface area contributed by atoms with Crippen molar-refractivity contribution >= 4 is 53.5 Å². The van der Waals surface area contributed by atoms with Crippen LogP contribution in [0, 0.1) is 0 Å². The van der Waals surface area contributed by atoms with Crippen LogP contribution in [-0.4, -0.2) is 147 Å². The van der Waals surface area contributed by atoms with E-state index in [4.69, 9.17) is 24.1 Å². The van der Waals surface area contributed by atoms with E-state index < -0.39 is 29.6 Å². The fourth-order valence-corrected chi connectivity index (χ4v) is 8.16. The van der Waals surface area contributed by atoms with Gasteiger partial charge in [-0.25, -0.2) is 9.59 Å². The molecule has 62 heavy (non-hydrogen) atoms. The van der Waals surface area contributed by atoms with E-state index in [1.807, 2.05) is 11.8 Å². The Morgan fingerprint density at radius 2 is 1.19 bits per heavy atom. The lowest BCUT2D eigenvalue weighted by atomic mass is 10.0. The number of hydrogen-bond acceptors (Lipinski definition) is 12. The minimum absolute atomic E-state index is 0.0304. The Labute approximate surface area is 371 Å². The highest BCUT2D eigenvalue weighted by Gasteiger charge is 2.42. The van der Waals surface area contributed by atoms with Crippen LogP contribution in [0.4, 0.5) is 9.59 Å². The second-order valence-corrected chi connectivity index (χ2v) is 17.8. The smallest absolute Gasteiger partial charge is 0.407 e. The highest BCUT2D eigenvalue weighted by Crippen LogP contribution is 2.33. The van der Waals surface area contributed by atoms with Gasteiger partial charge in [-0.2, -0.15) is 11.8 Å². The third-order valence-corrected chi connectivity index (χ3v) is 11.3. The molecule has 20 heteroatoms. The zero-order chi connectivity index (χ0) is 45.4. The molecular formula is C42H75N7O12S. The third kappa shape index (κ3) is 27.9. The maximum atomic E-state index is 12.8. The Bertz CT molecular complexity index is 1360. The minimum Gasteiger partial charge on any atom is -0.481 e. The number of nitrogens with one attached hydrogen (secondary N) is 7. The van der Waals surface area contributed by atoms with Gasteiger partial charge in [0.15, 0.2) is 0 Å². The summed E-state index contributed by atoms with van der Waals surface area (Å²) in [5.41, 5.74) is -0.542. The van der Waals surface area contributed by atoms with Gasteiger partial charge in [-0.3, -0.25) is 24.0 Å². The summed E-state index contributed by atoms with van der Waals surface area (Å²) in [6.07, 6.45) is 8.52. The number of aliphatic carboxylic acids is 1. The van der Waals surface area contributed by atoms with Crippen molar-refractivity contribution in [2.75, 3.05) is 71.6 Å². The molecule has 0 saturated carbocycles. The number of urea groups is 1. The van der Waals surface area contributed by atoms with Gasteiger partial charge in [0.25, 0.3) is 0 Å². The van der Waals surface area contributed by atoms with Gasteiger partial charge in [0.2, 0.25) is 23.6 Å². The van der Waals surface area contributed by atoms with Crippen LogP contribution in [0.1, 0.15) is 124 Å². The summed E-state index contributed by atoms with van der Waals surface area (Å²) in [5.74, 6) is -0.910. The molecule has 2 aliphatic heterocycles. The van der Waals surface area contributed by atoms with Crippen LogP contribution in [-0.2, 0) is 42.9 Å². The van der Waals surface area contributed by atoms with Crippen LogP contribution in [0.2, 0.25) is 0 Å². The largest absolute Gasteiger partial charge is 0.481 e. The van der Waals surface area contributed by atoms with Gasteiger partial charge in [-0.15, -0.1) is 0 Å². The molecule has 0 aromatic rings. The molecule has 7 amide bonds.